The Bertz CT molecular complexity index is 1170. The number of carboxylic acids is 2. The minimum absolute atomic E-state index is 0.00898. The van der Waals surface area contributed by atoms with Crippen molar-refractivity contribution < 1.29 is 33.0 Å². The van der Waals surface area contributed by atoms with Gasteiger partial charge in [0, 0.05) is 0 Å². The number of nitrogens with one attached hydrogen (secondary N) is 1. The monoisotopic (exact) mass is 427 g/mol. The van der Waals surface area contributed by atoms with Crippen molar-refractivity contribution in [3.63, 3.8) is 0 Å². The molecule has 0 amide bonds. The first kappa shape index (κ1) is 20.9. The smallest absolute Gasteiger partial charge is 0.335 e. The first-order chi connectivity index (χ1) is 14.2. The number of aliphatic carboxylic acids is 1. The number of sulfonamides is 1. The Morgan fingerprint density at radius 3 is 2.17 bits per heavy atom. The van der Waals surface area contributed by atoms with Gasteiger partial charge < -0.3 is 14.9 Å². The molecule has 0 aliphatic carbocycles. The molecule has 0 spiro atoms. The van der Waals surface area contributed by atoms with Gasteiger partial charge in [0.2, 0.25) is 0 Å². The van der Waals surface area contributed by atoms with Gasteiger partial charge >= 0.3 is 11.9 Å². The van der Waals surface area contributed by atoms with E-state index in [-0.39, 0.29) is 28.3 Å². The molecule has 0 atom stereocenters. The fourth-order valence-corrected chi connectivity index (χ4v) is 3.69. The summed E-state index contributed by atoms with van der Waals surface area (Å²) in [6.07, 6.45) is -0.143. The molecule has 0 saturated heterocycles. The summed E-state index contributed by atoms with van der Waals surface area (Å²) in [6, 6.07) is 17.6. The first-order valence-electron chi connectivity index (χ1n) is 8.68. The van der Waals surface area contributed by atoms with Crippen molar-refractivity contribution in [2.24, 2.45) is 0 Å². The zero-order valence-electron chi connectivity index (χ0n) is 15.5. The third-order valence-electron chi connectivity index (χ3n) is 4.03. The molecule has 0 aliphatic rings. The van der Waals surface area contributed by atoms with E-state index in [2.05, 4.69) is 4.72 Å². The second-order valence-corrected chi connectivity index (χ2v) is 7.93. The van der Waals surface area contributed by atoms with Crippen molar-refractivity contribution in [2.75, 3.05) is 4.72 Å². The summed E-state index contributed by atoms with van der Waals surface area (Å²) < 4.78 is 33.4. The van der Waals surface area contributed by atoms with Crippen LogP contribution < -0.4 is 9.46 Å². The van der Waals surface area contributed by atoms with Crippen molar-refractivity contribution >= 4 is 27.6 Å². The standard InChI is InChI=1S/C21H17NO7S/c23-20(24)12-14-6-9-16(10-7-14)29-19-11-8-15(21(25)26)13-18(19)22-30(27,28)17-4-2-1-3-5-17/h1-11,13,22H,12H2,(H,23,24)(H,25,26). The van der Waals surface area contributed by atoms with Crippen LogP contribution >= 0.6 is 0 Å². The molecule has 0 unspecified atom stereocenters. The van der Waals surface area contributed by atoms with Crippen molar-refractivity contribution in [3.05, 3.63) is 83.9 Å². The second kappa shape index (κ2) is 8.66. The largest absolute Gasteiger partial charge is 0.481 e. The van der Waals surface area contributed by atoms with Gasteiger partial charge in [-0.15, -0.1) is 0 Å². The van der Waals surface area contributed by atoms with E-state index in [0.29, 0.717) is 11.3 Å². The maximum absolute atomic E-state index is 12.7. The molecule has 0 heterocycles. The van der Waals surface area contributed by atoms with Crippen molar-refractivity contribution in [1.82, 2.24) is 0 Å². The summed E-state index contributed by atoms with van der Waals surface area (Å²) >= 11 is 0. The molecule has 0 radical (unpaired) electrons. The zero-order chi connectivity index (χ0) is 21.7. The van der Waals surface area contributed by atoms with Crippen LogP contribution in [0, 0.1) is 0 Å². The van der Waals surface area contributed by atoms with Gasteiger partial charge in [0.15, 0.2) is 5.75 Å². The molecule has 30 heavy (non-hydrogen) atoms. The molecule has 9 heteroatoms. The average molecular weight is 427 g/mol. The van der Waals surface area contributed by atoms with Gasteiger partial charge in [0.1, 0.15) is 5.75 Å². The van der Waals surface area contributed by atoms with Crippen molar-refractivity contribution in [3.8, 4) is 11.5 Å². The maximum atomic E-state index is 12.7. The van der Waals surface area contributed by atoms with Crippen LogP contribution in [-0.4, -0.2) is 30.6 Å². The summed E-state index contributed by atoms with van der Waals surface area (Å²) in [4.78, 5) is 22.1. The van der Waals surface area contributed by atoms with Crippen LogP contribution in [0.2, 0.25) is 0 Å². The lowest BCUT2D eigenvalue weighted by atomic mass is 10.1. The number of anilines is 1. The molecule has 3 rings (SSSR count). The van der Waals surface area contributed by atoms with Gasteiger partial charge in [-0.3, -0.25) is 9.52 Å². The van der Waals surface area contributed by atoms with Gasteiger partial charge in [0.25, 0.3) is 10.0 Å². The van der Waals surface area contributed by atoms with Gasteiger partial charge in [-0.05, 0) is 48.0 Å². The van der Waals surface area contributed by atoms with E-state index in [4.69, 9.17) is 9.84 Å². The summed E-state index contributed by atoms with van der Waals surface area (Å²) in [5.74, 6) is -1.77. The molecular formula is C21H17NO7S. The molecule has 3 N–H and O–H groups in total. The normalized spacial score (nSPS) is 10.9. The Hall–Kier alpha value is -3.85. The van der Waals surface area contributed by atoms with Crippen molar-refractivity contribution in [1.29, 1.82) is 0 Å². The number of benzene rings is 3. The zero-order valence-corrected chi connectivity index (χ0v) is 16.3. The van der Waals surface area contributed by atoms with E-state index >= 15 is 0 Å². The van der Waals surface area contributed by atoms with Crippen LogP contribution in [0.4, 0.5) is 5.69 Å². The van der Waals surface area contributed by atoms with Gasteiger partial charge in [-0.1, -0.05) is 30.3 Å². The van der Waals surface area contributed by atoms with E-state index in [1.807, 2.05) is 0 Å². The molecule has 3 aromatic rings. The molecule has 0 fully saturated rings. The predicted octanol–water partition coefficient (Wildman–Crippen LogP) is 3.61. The Kier molecular flexibility index (Phi) is 6.03. The highest BCUT2D eigenvalue weighted by molar-refractivity contribution is 7.92. The van der Waals surface area contributed by atoms with Crippen LogP contribution in [0.25, 0.3) is 0 Å². The average Bonchev–Trinajstić information content (AvgIpc) is 2.70. The van der Waals surface area contributed by atoms with E-state index in [9.17, 15) is 23.1 Å². The molecule has 3 aromatic carbocycles. The van der Waals surface area contributed by atoms with E-state index < -0.39 is 22.0 Å². The molecule has 8 nitrogen and oxygen atoms in total. The summed E-state index contributed by atoms with van der Waals surface area (Å²) in [5, 5.41) is 18.1. The third kappa shape index (κ3) is 5.15. The number of ether oxygens (including phenoxy) is 1. The highest BCUT2D eigenvalue weighted by atomic mass is 32.2. The highest BCUT2D eigenvalue weighted by Gasteiger charge is 2.18. The quantitative estimate of drug-likeness (QED) is 0.501. The summed E-state index contributed by atoms with van der Waals surface area (Å²) in [5.41, 5.74) is 0.402. The molecule has 0 saturated carbocycles. The van der Waals surface area contributed by atoms with Crippen LogP contribution in [0.5, 0.6) is 11.5 Å². The van der Waals surface area contributed by atoms with Gasteiger partial charge in [-0.25, -0.2) is 13.2 Å². The first-order valence-corrected chi connectivity index (χ1v) is 10.2. The lowest BCUT2D eigenvalue weighted by Gasteiger charge is -2.14. The lowest BCUT2D eigenvalue weighted by Crippen LogP contribution is -2.14. The van der Waals surface area contributed by atoms with Crippen LogP contribution in [0.15, 0.2) is 77.7 Å². The number of carbonyl (C=O) groups is 2. The summed E-state index contributed by atoms with van der Waals surface area (Å²) in [7, 11) is -3.98. The Morgan fingerprint density at radius 1 is 0.900 bits per heavy atom. The Labute approximate surface area is 172 Å². The summed E-state index contributed by atoms with van der Waals surface area (Å²) in [6.45, 7) is 0. The SMILES string of the molecule is O=C(O)Cc1ccc(Oc2ccc(C(=O)O)cc2NS(=O)(=O)c2ccccc2)cc1. The van der Waals surface area contributed by atoms with E-state index in [1.165, 1.54) is 24.3 Å². The molecule has 0 aliphatic heterocycles. The highest BCUT2D eigenvalue weighted by Crippen LogP contribution is 2.32. The fraction of sp³-hybridized carbons (Fsp3) is 0.0476. The number of rotatable bonds is 8. The molecule has 0 aromatic heterocycles. The Balaban J connectivity index is 1.93. The Morgan fingerprint density at radius 2 is 1.57 bits per heavy atom. The molecule has 154 valence electrons. The van der Waals surface area contributed by atoms with Gasteiger partial charge in [0.05, 0.1) is 22.6 Å². The predicted molar refractivity (Wildman–Crippen MR) is 109 cm³/mol. The third-order valence-corrected chi connectivity index (χ3v) is 5.41. The lowest BCUT2D eigenvalue weighted by molar-refractivity contribution is -0.136. The molecular weight excluding hydrogens is 410 g/mol. The van der Waals surface area contributed by atoms with Crippen LogP contribution in [0.3, 0.4) is 0 Å². The van der Waals surface area contributed by atoms with Crippen molar-refractivity contribution in [2.45, 2.75) is 11.3 Å². The van der Waals surface area contributed by atoms with E-state index in [1.54, 1.807) is 42.5 Å². The number of aromatic carboxylic acids is 1. The van der Waals surface area contributed by atoms with E-state index in [0.717, 1.165) is 6.07 Å². The van der Waals surface area contributed by atoms with Crippen LogP contribution in [0.1, 0.15) is 15.9 Å². The minimum atomic E-state index is -3.98. The number of hydrogen-bond acceptors (Lipinski definition) is 5. The number of carboxylic acid groups (broad SMARTS) is 2. The fourth-order valence-electron chi connectivity index (χ4n) is 2.61. The number of hydrogen-bond donors (Lipinski definition) is 3. The maximum Gasteiger partial charge on any atom is 0.335 e. The van der Waals surface area contributed by atoms with Gasteiger partial charge in [-0.2, -0.15) is 0 Å². The second-order valence-electron chi connectivity index (χ2n) is 6.25. The topological polar surface area (TPSA) is 130 Å². The van der Waals surface area contributed by atoms with Crippen LogP contribution in [-0.2, 0) is 21.2 Å². The minimum Gasteiger partial charge on any atom is -0.481 e. The molecule has 0 bridgehead atoms.